The van der Waals surface area contributed by atoms with Gasteiger partial charge in [-0.25, -0.2) is 0 Å². The van der Waals surface area contributed by atoms with Crippen LogP contribution in [0.5, 0.6) is 0 Å². The third kappa shape index (κ3) is 31.0. The minimum atomic E-state index is -1.14. The third-order valence-electron chi connectivity index (χ3n) is 9.31. The van der Waals surface area contributed by atoms with Crippen LogP contribution in [-0.4, -0.2) is 70.0 Å². The molecule has 0 aromatic heterocycles. The van der Waals surface area contributed by atoms with E-state index in [4.69, 9.17) is 14.6 Å². The highest BCUT2D eigenvalue weighted by atomic mass is 16.6. The van der Waals surface area contributed by atoms with Crippen molar-refractivity contribution in [3.05, 3.63) is 24.3 Å². The summed E-state index contributed by atoms with van der Waals surface area (Å²) >= 11 is 0. The van der Waals surface area contributed by atoms with E-state index in [0.717, 1.165) is 44.9 Å². The first-order valence-electron chi connectivity index (χ1n) is 20.7. The maximum atomic E-state index is 11.9. The maximum Gasteiger partial charge on any atom is 0.306 e. The van der Waals surface area contributed by atoms with E-state index in [1.54, 1.807) is 0 Å². The number of hydrogen-bond donors (Lipinski definition) is 4. The molecule has 0 aromatic rings. The van der Waals surface area contributed by atoms with Crippen molar-refractivity contribution in [2.24, 2.45) is 0 Å². The number of aliphatic hydroxyl groups excluding tert-OH is 3. The number of carbonyl (C=O) groups excluding carboxylic acids is 1. The molecule has 0 aliphatic carbocycles. The summed E-state index contributed by atoms with van der Waals surface area (Å²) in [7, 11) is 0. The summed E-state index contributed by atoms with van der Waals surface area (Å²) in [6, 6.07) is 0. The number of aliphatic carboxylic acids is 1. The van der Waals surface area contributed by atoms with Gasteiger partial charge in [0.25, 0.3) is 0 Å². The number of carboxylic acid groups (broad SMARTS) is 1. The lowest BCUT2D eigenvalue weighted by atomic mass is 10.1. The van der Waals surface area contributed by atoms with Crippen LogP contribution in [0.15, 0.2) is 24.3 Å². The zero-order chi connectivity index (χ0) is 36.9. The van der Waals surface area contributed by atoms with Crippen LogP contribution in [0, 0.1) is 0 Å². The fourth-order valence-corrected chi connectivity index (χ4v) is 6.08. The number of esters is 1. The fraction of sp³-hybridized carbons (Fsp3) is 0.857. The van der Waals surface area contributed by atoms with E-state index in [9.17, 15) is 24.9 Å². The highest BCUT2D eigenvalue weighted by molar-refractivity contribution is 5.69. The Hall–Kier alpha value is -1.74. The van der Waals surface area contributed by atoms with Gasteiger partial charge in [-0.05, 0) is 64.2 Å². The molecule has 4 N–H and O–H groups in total. The molecule has 0 unspecified atom stereocenters. The smallest absolute Gasteiger partial charge is 0.306 e. The van der Waals surface area contributed by atoms with Gasteiger partial charge < -0.3 is 29.9 Å². The van der Waals surface area contributed by atoms with E-state index in [0.29, 0.717) is 12.8 Å². The molecule has 4 atom stereocenters. The Bertz CT molecular complexity index is 814. The first kappa shape index (κ1) is 48.3. The fourth-order valence-electron chi connectivity index (χ4n) is 6.08. The van der Waals surface area contributed by atoms with Crippen molar-refractivity contribution in [1.82, 2.24) is 0 Å². The molecule has 1 saturated heterocycles. The van der Waals surface area contributed by atoms with Gasteiger partial charge in [0, 0.05) is 12.8 Å². The maximum absolute atomic E-state index is 11.9. The average molecular weight is 711 g/mol. The second-order valence-electron chi connectivity index (χ2n) is 14.1. The van der Waals surface area contributed by atoms with Gasteiger partial charge in [-0.15, -0.1) is 0 Å². The van der Waals surface area contributed by atoms with Crippen LogP contribution in [0.3, 0.4) is 0 Å². The van der Waals surface area contributed by atoms with Crippen molar-refractivity contribution < 1.29 is 39.5 Å². The molecule has 0 bridgehead atoms. The van der Waals surface area contributed by atoms with Crippen LogP contribution in [0.1, 0.15) is 194 Å². The van der Waals surface area contributed by atoms with Crippen LogP contribution in [0.4, 0.5) is 0 Å². The molecular formula is C42H78O8. The second-order valence-corrected chi connectivity index (χ2v) is 14.1. The monoisotopic (exact) mass is 711 g/mol. The van der Waals surface area contributed by atoms with E-state index in [1.165, 1.54) is 122 Å². The van der Waals surface area contributed by atoms with Gasteiger partial charge in [-0.1, -0.05) is 141 Å². The van der Waals surface area contributed by atoms with Gasteiger partial charge in [0.1, 0.15) is 18.3 Å². The summed E-state index contributed by atoms with van der Waals surface area (Å²) in [5.41, 5.74) is 0. The minimum Gasteiger partial charge on any atom is -0.481 e. The first-order valence-corrected chi connectivity index (χ1v) is 20.7. The zero-order valence-corrected chi connectivity index (χ0v) is 32.3. The number of aliphatic hydroxyl groups is 3. The van der Waals surface area contributed by atoms with E-state index in [1.807, 2.05) is 0 Å². The molecule has 1 heterocycles. The molecule has 1 aliphatic heterocycles. The lowest BCUT2D eigenvalue weighted by Crippen LogP contribution is -2.43. The summed E-state index contributed by atoms with van der Waals surface area (Å²) in [6.07, 6.45) is 37.8. The topological polar surface area (TPSA) is 134 Å². The van der Waals surface area contributed by atoms with Crippen molar-refractivity contribution in [1.29, 1.82) is 0 Å². The van der Waals surface area contributed by atoms with Crippen LogP contribution in [0.25, 0.3) is 0 Å². The van der Waals surface area contributed by atoms with Crippen LogP contribution < -0.4 is 0 Å². The number of carbonyl (C=O) groups is 2. The number of allylic oxidation sites excluding steroid dienone is 4. The molecule has 0 saturated carbocycles. The van der Waals surface area contributed by atoms with Gasteiger partial charge in [-0.2, -0.15) is 0 Å². The van der Waals surface area contributed by atoms with Gasteiger partial charge >= 0.3 is 11.9 Å². The molecule has 0 radical (unpaired) electrons. The van der Waals surface area contributed by atoms with Crippen molar-refractivity contribution in [3.63, 3.8) is 0 Å². The Labute approximate surface area is 306 Å². The zero-order valence-electron chi connectivity index (χ0n) is 32.3. The quantitative estimate of drug-likeness (QED) is 0.0300. The Morgan fingerprint density at radius 2 is 1.00 bits per heavy atom. The molecule has 1 fully saturated rings. The lowest BCUT2D eigenvalue weighted by molar-refractivity contribution is -0.162. The van der Waals surface area contributed by atoms with Crippen molar-refractivity contribution >= 4 is 11.9 Å². The van der Waals surface area contributed by atoms with Crippen LogP contribution in [0.2, 0.25) is 0 Å². The normalized spacial score (nSPS) is 18.1. The van der Waals surface area contributed by atoms with Crippen LogP contribution >= 0.6 is 0 Å². The predicted molar refractivity (Wildman–Crippen MR) is 205 cm³/mol. The second kappa shape index (κ2) is 37.0. The molecule has 1 rings (SSSR count). The standard InChI is InChI=1S/C24H44O6.C18H34O2/c1-2-3-4-5-6-7-8-9-10-11-12-13-14-15-16-17-22(27)30-21(18-25)24-23(28)20(26)19-29-24;1-2-3-4-5-6-7-8-9-10-11-12-13-14-15-16-17-18(19)20/h9-10,20-21,23-26,28H,2-8,11-19H2,1H3;9-10H,2-8,11-17H2,1H3,(H,19,20)/b2*10-9-/t20-,21+,23+,24+;/m0./s1. The third-order valence-corrected chi connectivity index (χ3v) is 9.31. The minimum absolute atomic E-state index is 0.0197. The average Bonchev–Trinajstić information content (AvgIpc) is 3.44. The number of hydrogen-bond acceptors (Lipinski definition) is 7. The molecule has 1 aliphatic rings. The van der Waals surface area contributed by atoms with Crippen LogP contribution in [-0.2, 0) is 19.1 Å². The van der Waals surface area contributed by atoms with Crippen molar-refractivity contribution in [2.45, 2.75) is 218 Å². The van der Waals surface area contributed by atoms with Crippen molar-refractivity contribution in [3.8, 4) is 0 Å². The molecule has 0 aromatic carbocycles. The van der Waals surface area contributed by atoms with E-state index < -0.39 is 43.0 Å². The van der Waals surface area contributed by atoms with E-state index >= 15 is 0 Å². The Morgan fingerprint density at radius 1 is 0.620 bits per heavy atom. The van der Waals surface area contributed by atoms with Gasteiger partial charge in [0.15, 0.2) is 6.10 Å². The Balaban J connectivity index is 0.00000105. The number of ether oxygens (including phenoxy) is 2. The van der Waals surface area contributed by atoms with Gasteiger partial charge in [-0.3, -0.25) is 9.59 Å². The lowest BCUT2D eigenvalue weighted by Gasteiger charge is -2.24. The largest absolute Gasteiger partial charge is 0.481 e. The highest BCUT2D eigenvalue weighted by Gasteiger charge is 2.41. The van der Waals surface area contributed by atoms with Gasteiger partial charge in [0.2, 0.25) is 0 Å². The van der Waals surface area contributed by atoms with E-state index in [-0.39, 0.29) is 6.61 Å². The highest BCUT2D eigenvalue weighted by Crippen LogP contribution is 2.20. The summed E-state index contributed by atoms with van der Waals surface area (Å²) in [6.45, 7) is 4.05. The molecule has 0 amide bonds. The summed E-state index contributed by atoms with van der Waals surface area (Å²) in [5, 5.41) is 37.2. The molecule has 8 heteroatoms. The Kier molecular flexibility index (Phi) is 35.7. The van der Waals surface area contributed by atoms with Crippen molar-refractivity contribution in [2.75, 3.05) is 13.2 Å². The summed E-state index contributed by atoms with van der Waals surface area (Å²) in [5.74, 6) is -1.06. The molecule has 8 nitrogen and oxygen atoms in total. The molecular weight excluding hydrogens is 632 g/mol. The predicted octanol–water partition coefficient (Wildman–Crippen LogP) is 10.2. The summed E-state index contributed by atoms with van der Waals surface area (Å²) < 4.78 is 10.4. The Morgan fingerprint density at radius 3 is 1.36 bits per heavy atom. The first-order chi connectivity index (χ1) is 24.4. The number of unbranched alkanes of at least 4 members (excludes halogenated alkanes) is 22. The number of rotatable bonds is 33. The molecule has 0 spiro atoms. The molecule has 50 heavy (non-hydrogen) atoms. The van der Waals surface area contributed by atoms with Gasteiger partial charge in [0.05, 0.1) is 13.2 Å². The number of carboxylic acids is 1. The summed E-state index contributed by atoms with van der Waals surface area (Å²) in [4.78, 5) is 22.3. The molecule has 294 valence electrons. The SMILES string of the molecule is CCCCCCCC/C=C\CCCCCCCC(=O)O.CCCCCCCC/C=C\CCCCCCCC(=O)O[C@H](CO)[C@H]1OC[C@H](O)[C@H]1O. The van der Waals surface area contributed by atoms with E-state index in [2.05, 4.69) is 38.2 Å².